The molecule has 0 unspecified atom stereocenters. The zero-order valence-electron chi connectivity index (χ0n) is 24.9. The Hall–Kier alpha value is -6.00. The Kier molecular flexibility index (Phi) is 4.66. The first kappa shape index (κ1) is 24.3. The van der Waals surface area contributed by atoms with Crippen LogP contribution in [0.2, 0.25) is 0 Å². The van der Waals surface area contributed by atoms with Crippen LogP contribution in [-0.4, -0.2) is 15.8 Å². The third-order valence-corrected chi connectivity index (χ3v) is 10.3. The van der Waals surface area contributed by atoms with Crippen LogP contribution in [0.25, 0.3) is 55.0 Å². The molecule has 7 aromatic carbocycles. The van der Waals surface area contributed by atoms with Crippen LogP contribution in [0.5, 0.6) is 0 Å². The lowest BCUT2D eigenvalue weighted by Gasteiger charge is -2.40. The quantitative estimate of drug-likeness (QED) is 0.186. The second-order valence-electron chi connectivity index (χ2n) is 12.5. The van der Waals surface area contributed by atoms with E-state index in [-0.39, 0.29) is 6.71 Å². The number of aromatic nitrogens is 2. The summed E-state index contributed by atoms with van der Waals surface area (Å²) in [6.45, 7) is 0.0910. The van der Waals surface area contributed by atoms with Crippen molar-refractivity contribution in [1.82, 2.24) is 9.13 Å². The Labute approximate surface area is 266 Å². The summed E-state index contributed by atoms with van der Waals surface area (Å²) in [5.41, 5.74) is 15.2. The van der Waals surface area contributed by atoms with Crippen molar-refractivity contribution >= 4 is 83.8 Å². The molecule has 0 saturated heterocycles. The lowest BCUT2D eigenvalue weighted by atomic mass is 9.33. The smallest absolute Gasteiger partial charge is 0.252 e. The maximum atomic E-state index is 2.56. The molecule has 0 aliphatic carbocycles. The van der Waals surface area contributed by atoms with Crippen molar-refractivity contribution < 1.29 is 0 Å². The summed E-state index contributed by atoms with van der Waals surface area (Å²) < 4.78 is 5.03. The van der Waals surface area contributed by atoms with E-state index in [1.807, 2.05) is 0 Å². The minimum absolute atomic E-state index is 0.0910. The normalized spacial score (nSPS) is 13.1. The number of hydrogen-bond donors (Lipinski definition) is 0. The third kappa shape index (κ3) is 2.94. The maximum absolute atomic E-state index is 2.56. The zero-order valence-corrected chi connectivity index (χ0v) is 24.9. The largest absolute Gasteiger partial charge is 0.311 e. The van der Waals surface area contributed by atoms with Crippen molar-refractivity contribution in [2.45, 2.75) is 0 Å². The summed E-state index contributed by atoms with van der Waals surface area (Å²) in [6, 6.07) is 58.0. The second kappa shape index (κ2) is 8.80. The predicted molar refractivity (Wildman–Crippen MR) is 194 cm³/mol. The number of anilines is 3. The van der Waals surface area contributed by atoms with E-state index < -0.39 is 0 Å². The van der Waals surface area contributed by atoms with Gasteiger partial charge in [0.25, 0.3) is 6.71 Å². The van der Waals surface area contributed by atoms with Crippen LogP contribution in [0.15, 0.2) is 158 Å². The van der Waals surface area contributed by atoms with Gasteiger partial charge in [0.1, 0.15) is 0 Å². The van der Waals surface area contributed by atoms with Crippen molar-refractivity contribution in [3.05, 3.63) is 158 Å². The number of nitrogens with zero attached hydrogens (tertiary/aromatic N) is 3. The molecule has 0 bridgehead atoms. The van der Waals surface area contributed by atoms with Crippen molar-refractivity contribution in [1.29, 1.82) is 0 Å². The molecule has 0 amide bonds. The van der Waals surface area contributed by atoms with Crippen molar-refractivity contribution in [3.63, 3.8) is 0 Å². The molecule has 2 aliphatic rings. The van der Waals surface area contributed by atoms with Crippen LogP contribution in [-0.2, 0) is 0 Å². The van der Waals surface area contributed by atoms with Gasteiger partial charge >= 0.3 is 0 Å². The van der Waals surface area contributed by atoms with Crippen LogP contribution in [0, 0.1) is 0 Å². The highest BCUT2D eigenvalue weighted by Crippen LogP contribution is 2.45. The summed E-state index contributed by atoms with van der Waals surface area (Å²) >= 11 is 0. The summed E-state index contributed by atoms with van der Waals surface area (Å²) in [5.74, 6) is 0. The number of hydrogen-bond acceptors (Lipinski definition) is 1. The van der Waals surface area contributed by atoms with Crippen molar-refractivity contribution in [3.8, 4) is 11.4 Å². The lowest BCUT2D eigenvalue weighted by molar-refractivity contribution is 1.17. The van der Waals surface area contributed by atoms with Gasteiger partial charge < -0.3 is 14.0 Å². The Morgan fingerprint density at radius 1 is 0.391 bits per heavy atom. The summed E-state index contributed by atoms with van der Waals surface area (Å²) in [5, 5.41) is 5.25. The van der Waals surface area contributed by atoms with E-state index in [2.05, 4.69) is 172 Å². The molecule has 0 radical (unpaired) electrons. The first-order chi connectivity index (χ1) is 22.9. The number of para-hydroxylation sites is 5. The minimum Gasteiger partial charge on any atom is -0.311 e. The summed E-state index contributed by atoms with van der Waals surface area (Å²) in [6.07, 6.45) is 0. The van der Waals surface area contributed by atoms with E-state index in [9.17, 15) is 0 Å². The molecular weight excluding hydrogens is 557 g/mol. The Balaban J connectivity index is 1.38. The van der Waals surface area contributed by atoms with Crippen LogP contribution < -0.4 is 21.3 Å². The van der Waals surface area contributed by atoms with Gasteiger partial charge in [-0.25, -0.2) is 0 Å². The molecule has 2 aromatic heterocycles. The molecule has 46 heavy (non-hydrogen) atoms. The Bertz CT molecular complexity index is 2700. The van der Waals surface area contributed by atoms with Gasteiger partial charge in [0, 0.05) is 50.0 Å². The molecule has 9 aromatic rings. The van der Waals surface area contributed by atoms with Crippen LogP contribution in [0.3, 0.4) is 0 Å². The molecule has 0 fully saturated rings. The van der Waals surface area contributed by atoms with E-state index in [4.69, 9.17) is 0 Å². The molecule has 11 rings (SSSR count). The minimum atomic E-state index is 0.0910. The van der Waals surface area contributed by atoms with Gasteiger partial charge in [0.2, 0.25) is 0 Å². The average Bonchev–Trinajstić information content (AvgIpc) is 3.64. The van der Waals surface area contributed by atoms with Gasteiger partial charge in [-0.15, -0.1) is 0 Å². The third-order valence-electron chi connectivity index (χ3n) is 10.3. The molecule has 0 atom stereocenters. The van der Waals surface area contributed by atoms with Gasteiger partial charge in [0.05, 0.1) is 22.1 Å². The van der Waals surface area contributed by atoms with Crippen LogP contribution >= 0.6 is 0 Å². The molecule has 0 N–H and O–H groups in total. The highest BCUT2D eigenvalue weighted by Gasteiger charge is 2.42. The molecule has 212 valence electrons. The summed E-state index contributed by atoms with van der Waals surface area (Å²) in [7, 11) is 0. The van der Waals surface area contributed by atoms with Gasteiger partial charge in [-0.2, -0.15) is 0 Å². The SMILES string of the molecule is c1ccc(N2c3ccccc3B3c4c2cccc4-n2c4ccccc4c4c5c6ccccc6n(-c6ccccc6)c5cc3c42)cc1. The molecule has 0 spiro atoms. The topological polar surface area (TPSA) is 13.1 Å². The Morgan fingerprint density at radius 2 is 0.978 bits per heavy atom. The fourth-order valence-corrected chi connectivity index (χ4v) is 8.59. The van der Waals surface area contributed by atoms with Crippen molar-refractivity contribution in [2.24, 2.45) is 0 Å². The standard InChI is InChI=1S/C42H26BN3/c1-3-14-27(15-4-1)44-33-21-10-7-18-29(33)39-38(44)26-32-42-40(39)30-19-8-11-22-34(30)46(42)37-25-13-24-36-41(37)43(32)31-20-9-12-23-35(31)45(36)28-16-5-2-6-17-28/h1-26H. The van der Waals surface area contributed by atoms with Gasteiger partial charge in [-0.1, -0.05) is 97.1 Å². The number of fused-ring (bicyclic) bond motifs is 11. The second-order valence-corrected chi connectivity index (χ2v) is 12.5. The van der Waals surface area contributed by atoms with E-state index in [0.29, 0.717) is 0 Å². The monoisotopic (exact) mass is 583 g/mol. The van der Waals surface area contributed by atoms with Crippen LogP contribution in [0.1, 0.15) is 0 Å². The number of benzene rings is 7. The molecule has 3 nitrogen and oxygen atoms in total. The zero-order chi connectivity index (χ0) is 29.9. The van der Waals surface area contributed by atoms with Gasteiger partial charge in [-0.05, 0) is 77.1 Å². The molecular formula is C42H26BN3. The highest BCUT2D eigenvalue weighted by molar-refractivity contribution is 7.00. The average molecular weight is 584 g/mol. The number of rotatable bonds is 2. The predicted octanol–water partition coefficient (Wildman–Crippen LogP) is 8.49. The summed E-state index contributed by atoms with van der Waals surface area (Å²) in [4.78, 5) is 2.46. The van der Waals surface area contributed by atoms with Crippen molar-refractivity contribution in [2.75, 3.05) is 4.90 Å². The fourth-order valence-electron chi connectivity index (χ4n) is 8.59. The van der Waals surface area contributed by atoms with E-state index in [1.165, 1.54) is 88.4 Å². The first-order valence-corrected chi connectivity index (χ1v) is 16.0. The molecule has 4 heterocycles. The highest BCUT2D eigenvalue weighted by atomic mass is 15.2. The molecule has 4 heteroatoms. The molecule has 0 saturated carbocycles. The fraction of sp³-hybridized carbons (Fsp3) is 0. The molecule has 2 aliphatic heterocycles. The lowest BCUT2D eigenvalue weighted by Crippen LogP contribution is -2.60. The van der Waals surface area contributed by atoms with Gasteiger partial charge in [0.15, 0.2) is 0 Å². The van der Waals surface area contributed by atoms with Gasteiger partial charge in [-0.3, -0.25) is 0 Å². The van der Waals surface area contributed by atoms with E-state index in [0.717, 1.165) is 0 Å². The Morgan fingerprint density at radius 3 is 1.76 bits per heavy atom. The maximum Gasteiger partial charge on any atom is 0.252 e. The first-order valence-electron chi connectivity index (χ1n) is 16.0. The van der Waals surface area contributed by atoms with E-state index in [1.54, 1.807) is 0 Å². The van der Waals surface area contributed by atoms with E-state index >= 15 is 0 Å². The van der Waals surface area contributed by atoms with Crippen LogP contribution in [0.4, 0.5) is 17.1 Å².